The molecule has 0 aromatic carbocycles. The Morgan fingerprint density at radius 2 is 2.21 bits per heavy atom. The number of amides is 1. The number of hydrogen-bond acceptors (Lipinski definition) is 3. The van der Waals surface area contributed by atoms with Crippen molar-refractivity contribution in [3.05, 3.63) is 0 Å². The zero-order valence-electron chi connectivity index (χ0n) is 8.16. The normalized spacial score (nSPS) is 17.5. The third kappa shape index (κ3) is 4.23. The summed E-state index contributed by atoms with van der Waals surface area (Å²) in [4.78, 5) is 21.4. The van der Waals surface area contributed by atoms with E-state index in [0.717, 1.165) is 12.8 Å². The van der Waals surface area contributed by atoms with Crippen molar-refractivity contribution in [2.24, 2.45) is 0 Å². The topological polar surface area (TPSA) is 75.6 Å². The zero-order valence-corrected chi connectivity index (χ0v) is 8.16. The molecule has 1 rings (SSSR count). The van der Waals surface area contributed by atoms with Gasteiger partial charge in [0.2, 0.25) is 5.91 Å². The van der Waals surface area contributed by atoms with Crippen LogP contribution in [-0.2, 0) is 14.3 Å². The monoisotopic (exact) mass is 201 g/mol. The summed E-state index contributed by atoms with van der Waals surface area (Å²) in [6.45, 7) is 1.60. The molecule has 0 unspecified atom stereocenters. The first-order valence-corrected chi connectivity index (χ1v) is 4.73. The Labute approximate surface area is 82.4 Å². The number of carbonyl (C=O) groups excluding carboxylic acids is 1. The second kappa shape index (κ2) is 4.95. The summed E-state index contributed by atoms with van der Waals surface area (Å²) in [5, 5.41) is 11.3. The molecule has 0 aliphatic heterocycles. The Morgan fingerprint density at radius 3 is 2.71 bits per heavy atom. The molecular formula is C9H15NO4. The zero-order chi connectivity index (χ0) is 10.6. The Morgan fingerprint density at radius 1 is 1.57 bits per heavy atom. The van der Waals surface area contributed by atoms with Crippen LogP contribution >= 0.6 is 0 Å². The van der Waals surface area contributed by atoms with E-state index >= 15 is 0 Å². The standard InChI is InChI=1S/C9H15NO4/c1-6(9(12)13)14-5-4-8(11)10-7-2-3-7/h6-7H,2-5H2,1H3,(H,10,11)(H,12,13)/t6-/m1/s1. The van der Waals surface area contributed by atoms with Gasteiger partial charge in [-0.05, 0) is 19.8 Å². The lowest BCUT2D eigenvalue weighted by atomic mass is 10.4. The minimum Gasteiger partial charge on any atom is -0.479 e. The summed E-state index contributed by atoms with van der Waals surface area (Å²) in [7, 11) is 0. The van der Waals surface area contributed by atoms with Crippen LogP contribution < -0.4 is 5.32 Å². The molecule has 1 atom stereocenters. The number of carbonyl (C=O) groups is 2. The summed E-state index contributed by atoms with van der Waals surface area (Å²) < 4.78 is 4.92. The van der Waals surface area contributed by atoms with Gasteiger partial charge in [0, 0.05) is 12.5 Å². The smallest absolute Gasteiger partial charge is 0.332 e. The number of aliphatic carboxylic acids is 1. The van der Waals surface area contributed by atoms with E-state index in [2.05, 4.69) is 5.32 Å². The van der Waals surface area contributed by atoms with Crippen molar-refractivity contribution in [1.82, 2.24) is 5.32 Å². The fourth-order valence-corrected chi connectivity index (χ4v) is 0.927. The van der Waals surface area contributed by atoms with E-state index in [4.69, 9.17) is 9.84 Å². The molecule has 0 heterocycles. The van der Waals surface area contributed by atoms with Crippen molar-refractivity contribution >= 4 is 11.9 Å². The van der Waals surface area contributed by atoms with E-state index < -0.39 is 12.1 Å². The Hall–Kier alpha value is -1.10. The minimum absolute atomic E-state index is 0.0647. The van der Waals surface area contributed by atoms with Gasteiger partial charge in [0.05, 0.1) is 6.61 Å². The third-order valence-corrected chi connectivity index (χ3v) is 1.99. The fraction of sp³-hybridized carbons (Fsp3) is 0.778. The maximum atomic E-state index is 11.1. The second-order valence-electron chi connectivity index (χ2n) is 3.44. The SMILES string of the molecule is C[C@@H](OCCC(=O)NC1CC1)C(=O)O. The summed E-state index contributed by atoms with van der Waals surface area (Å²) in [5.74, 6) is -1.07. The highest BCUT2D eigenvalue weighted by Gasteiger charge is 2.23. The molecule has 14 heavy (non-hydrogen) atoms. The van der Waals surface area contributed by atoms with E-state index in [0.29, 0.717) is 6.04 Å². The quantitative estimate of drug-likeness (QED) is 0.641. The molecular weight excluding hydrogens is 186 g/mol. The molecule has 80 valence electrons. The van der Waals surface area contributed by atoms with Crippen molar-refractivity contribution in [2.45, 2.75) is 38.3 Å². The van der Waals surface area contributed by atoms with E-state index in [1.807, 2.05) is 0 Å². The van der Waals surface area contributed by atoms with Crippen molar-refractivity contribution < 1.29 is 19.4 Å². The molecule has 0 aromatic heterocycles. The highest BCUT2D eigenvalue weighted by Crippen LogP contribution is 2.18. The van der Waals surface area contributed by atoms with Gasteiger partial charge in [-0.1, -0.05) is 0 Å². The first-order valence-electron chi connectivity index (χ1n) is 4.73. The number of hydrogen-bond donors (Lipinski definition) is 2. The van der Waals surface area contributed by atoms with Gasteiger partial charge < -0.3 is 15.2 Å². The van der Waals surface area contributed by atoms with Gasteiger partial charge in [0.1, 0.15) is 0 Å². The minimum atomic E-state index is -1.01. The van der Waals surface area contributed by atoms with Crippen LogP contribution in [0.4, 0.5) is 0 Å². The third-order valence-electron chi connectivity index (χ3n) is 1.99. The predicted octanol–water partition coefficient (Wildman–Crippen LogP) is 0.145. The highest BCUT2D eigenvalue weighted by molar-refractivity contribution is 5.76. The number of carboxylic acid groups (broad SMARTS) is 1. The Balaban J connectivity index is 2.01. The number of nitrogens with one attached hydrogen (secondary N) is 1. The number of ether oxygens (including phenoxy) is 1. The highest BCUT2D eigenvalue weighted by atomic mass is 16.5. The van der Waals surface area contributed by atoms with Gasteiger partial charge in [-0.3, -0.25) is 4.79 Å². The average Bonchev–Trinajstić information content (AvgIpc) is 2.87. The lowest BCUT2D eigenvalue weighted by Gasteiger charge is -2.07. The van der Waals surface area contributed by atoms with Crippen LogP contribution in [-0.4, -0.2) is 35.7 Å². The first kappa shape index (κ1) is 11.0. The van der Waals surface area contributed by atoms with Crippen LogP contribution in [0.2, 0.25) is 0 Å². The molecule has 5 nitrogen and oxygen atoms in total. The molecule has 0 spiro atoms. The van der Waals surface area contributed by atoms with Gasteiger partial charge in [-0.2, -0.15) is 0 Å². The molecule has 1 saturated carbocycles. The lowest BCUT2D eigenvalue weighted by Crippen LogP contribution is -2.28. The molecule has 0 bridgehead atoms. The van der Waals surface area contributed by atoms with Crippen LogP contribution in [0.15, 0.2) is 0 Å². The predicted molar refractivity (Wildman–Crippen MR) is 48.8 cm³/mol. The van der Waals surface area contributed by atoms with Crippen molar-refractivity contribution in [2.75, 3.05) is 6.61 Å². The molecule has 0 saturated heterocycles. The van der Waals surface area contributed by atoms with Crippen molar-refractivity contribution in [3.63, 3.8) is 0 Å². The van der Waals surface area contributed by atoms with Crippen LogP contribution in [0, 0.1) is 0 Å². The molecule has 0 aromatic rings. The Bertz CT molecular complexity index is 225. The number of rotatable bonds is 6. The molecule has 5 heteroatoms. The maximum Gasteiger partial charge on any atom is 0.332 e. The van der Waals surface area contributed by atoms with E-state index in [1.54, 1.807) is 0 Å². The van der Waals surface area contributed by atoms with Crippen LogP contribution in [0.1, 0.15) is 26.2 Å². The molecule has 1 fully saturated rings. The fourth-order valence-electron chi connectivity index (χ4n) is 0.927. The van der Waals surface area contributed by atoms with E-state index in [1.165, 1.54) is 6.92 Å². The van der Waals surface area contributed by atoms with Crippen LogP contribution in [0.5, 0.6) is 0 Å². The van der Waals surface area contributed by atoms with Crippen molar-refractivity contribution in [1.29, 1.82) is 0 Å². The summed E-state index contributed by atoms with van der Waals surface area (Å²) in [6.07, 6.45) is 1.49. The van der Waals surface area contributed by atoms with Gasteiger partial charge >= 0.3 is 5.97 Å². The Kier molecular flexibility index (Phi) is 3.88. The first-order chi connectivity index (χ1) is 6.59. The van der Waals surface area contributed by atoms with Gasteiger partial charge in [-0.25, -0.2) is 4.79 Å². The summed E-state index contributed by atoms with van der Waals surface area (Å²) in [6, 6.07) is 0.347. The van der Waals surface area contributed by atoms with Crippen LogP contribution in [0.3, 0.4) is 0 Å². The van der Waals surface area contributed by atoms with Gasteiger partial charge in [0.25, 0.3) is 0 Å². The molecule has 2 N–H and O–H groups in total. The molecule has 1 aliphatic rings. The largest absolute Gasteiger partial charge is 0.479 e. The van der Waals surface area contributed by atoms with Crippen LogP contribution in [0.25, 0.3) is 0 Å². The van der Waals surface area contributed by atoms with E-state index in [9.17, 15) is 9.59 Å². The average molecular weight is 201 g/mol. The molecule has 1 amide bonds. The maximum absolute atomic E-state index is 11.1. The molecule has 0 radical (unpaired) electrons. The lowest BCUT2D eigenvalue weighted by molar-refractivity contribution is -0.149. The molecule has 1 aliphatic carbocycles. The summed E-state index contributed by atoms with van der Waals surface area (Å²) >= 11 is 0. The van der Waals surface area contributed by atoms with Gasteiger partial charge in [0.15, 0.2) is 6.10 Å². The second-order valence-corrected chi connectivity index (χ2v) is 3.44. The summed E-state index contributed by atoms with van der Waals surface area (Å²) in [5.41, 5.74) is 0. The van der Waals surface area contributed by atoms with Gasteiger partial charge in [-0.15, -0.1) is 0 Å². The van der Waals surface area contributed by atoms with Crippen molar-refractivity contribution in [3.8, 4) is 0 Å². The van der Waals surface area contributed by atoms with E-state index in [-0.39, 0.29) is 18.9 Å². The number of carboxylic acids is 1.